The first kappa shape index (κ1) is 15.5. The van der Waals surface area contributed by atoms with Gasteiger partial charge in [0.25, 0.3) is 0 Å². The molecule has 23 heavy (non-hydrogen) atoms. The Bertz CT molecular complexity index is 801. The molecular weight excluding hydrogens is 289 g/mol. The van der Waals surface area contributed by atoms with Gasteiger partial charge in [0.05, 0.1) is 13.7 Å². The molecule has 0 heterocycles. The van der Waals surface area contributed by atoms with E-state index >= 15 is 0 Å². The molecule has 0 aromatic heterocycles. The van der Waals surface area contributed by atoms with Crippen LogP contribution < -0.4 is 10.1 Å². The topological polar surface area (TPSA) is 25.8 Å². The van der Waals surface area contributed by atoms with E-state index in [1.807, 2.05) is 18.2 Å². The third kappa shape index (κ3) is 3.69. The summed E-state index contributed by atoms with van der Waals surface area (Å²) >= 11 is 0. The first-order chi connectivity index (χ1) is 11.3. The van der Waals surface area contributed by atoms with Gasteiger partial charge in [0.1, 0.15) is 18.1 Å². The van der Waals surface area contributed by atoms with Gasteiger partial charge in [-0.2, -0.15) is 0 Å². The Kier molecular flexibility index (Phi) is 4.89. The maximum absolute atomic E-state index is 13.2. The molecule has 0 aliphatic rings. The van der Waals surface area contributed by atoms with Gasteiger partial charge in [-0.3, -0.25) is 0 Å². The van der Waals surface area contributed by atoms with Gasteiger partial charge in [-0.25, -0.2) is 4.39 Å². The standard InChI is InChI=1S/C20H20FNO/c1-23-20-10-9-16(18-7-2-3-8-19(18)20)14-22-12-11-15-5-4-6-17(21)13-15/h2-10,13,22H,11-12,14H2,1H3/p+1. The lowest BCUT2D eigenvalue weighted by molar-refractivity contribution is -0.669. The summed E-state index contributed by atoms with van der Waals surface area (Å²) in [6.45, 7) is 1.84. The van der Waals surface area contributed by atoms with Crippen molar-refractivity contribution in [3.63, 3.8) is 0 Å². The van der Waals surface area contributed by atoms with Crippen LogP contribution in [0.2, 0.25) is 0 Å². The molecule has 0 unspecified atom stereocenters. The van der Waals surface area contributed by atoms with Gasteiger partial charge in [0.2, 0.25) is 0 Å². The van der Waals surface area contributed by atoms with E-state index in [4.69, 9.17) is 4.74 Å². The highest BCUT2D eigenvalue weighted by molar-refractivity contribution is 5.90. The number of quaternary nitrogens is 1. The molecule has 0 bridgehead atoms. The van der Waals surface area contributed by atoms with Crippen molar-refractivity contribution in [2.45, 2.75) is 13.0 Å². The molecule has 0 fully saturated rings. The molecule has 2 nitrogen and oxygen atoms in total. The summed E-state index contributed by atoms with van der Waals surface area (Å²) in [6, 6.07) is 19.3. The Morgan fingerprint density at radius 3 is 2.57 bits per heavy atom. The molecule has 3 heteroatoms. The molecule has 118 valence electrons. The van der Waals surface area contributed by atoms with Crippen LogP contribution in [-0.2, 0) is 13.0 Å². The van der Waals surface area contributed by atoms with E-state index < -0.39 is 0 Å². The van der Waals surface area contributed by atoms with Crippen LogP contribution in [0.1, 0.15) is 11.1 Å². The normalized spacial score (nSPS) is 10.9. The van der Waals surface area contributed by atoms with Crippen molar-refractivity contribution in [2.75, 3.05) is 13.7 Å². The van der Waals surface area contributed by atoms with Gasteiger partial charge in [-0.15, -0.1) is 0 Å². The molecule has 0 atom stereocenters. The minimum atomic E-state index is -0.163. The summed E-state index contributed by atoms with van der Waals surface area (Å²) in [7, 11) is 1.70. The second kappa shape index (κ2) is 7.25. The van der Waals surface area contributed by atoms with E-state index in [-0.39, 0.29) is 5.82 Å². The number of halogens is 1. The van der Waals surface area contributed by atoms with Crippen molar-refractivity contribution < 1.29 is 14.4 Å². The zero-order valence-electron chi connectivity index (χ0n) is 13.3. The molecule has 3 aromatic rings. The highest BCUT2D eigenvalue weighted by Crippen LogP contribution is 2.27. The van der Waals surface area contributed by atoms with Crippen LogP contribution in [0.15, 0.2) is 60.7 Å². The van der Waals surface area contributed by atoms with Crippen LogP contribution in [0.4, 0.5) is 4.39 Å². The van der Waals surface area contributed by atoms with Crippen LogP contribution in [0.3, 0.4) is 0 Å². The Morgan fingerprint density at radius 2 is 1.78 bits per heavy atom. The van der Waals surface area contributed by atoms with E-state index in [2.05, 4.69) is 29.6 Å². The summed E-state index contributed by atoms with van der Waals surface area (Å²) in [6.07, 6.45) is 0.867. The fourth-order valence-electron chi connectivity index (χ4n) is 2.91. The number of nitrogens with two attached hydrogens (primary N) is 1. The smallest absolute Gasteiger partial charge is 0.126 e. The predicted molar refractivity (Wildman–Crippen MR) is 91.1 cm³/mol. The first-order valence-electron chi connectivity index (χ1n) is 7.88. The SMILES string of the molecule is COc1ccc(C[NH2+]CCc2cccc(F)c2)c2ccccc12. The minimum Gasteiger partial charge on any atom is -0.496 e. The van der Waals surface area contributed by atoms with Crippen molar-refractivity contribution in [2.24, 2.45) is 0 Å². The Hall–Kier alpha value is -2.39. The average molecular weight is 310 g/mol. The molecule has 0 aliphatic heterocycles. The third-order valence-corrected chi connectivity index (χ3v) is 4.08. The van der Waals surface area contributed by atoms with Crippen LogP contribution in [0.5, 0.6) is 5.75 Å². The van der Waals surface area contributed by atoms with Gasteiger partial charge in [-0.05, 0) is 35.2 Å². The molecule has 2 N–H and O–H groups in total. The fraction of sp³-hybridized carbons (Fsp3) is 0.200. The van der Waals surface area contributed by atoms with E-state index in [0.717, 1.165) is 36.2 Å². The maximum atomic E-state index is 13.2. The number of benzene rings is 3. The lowest BCUT2D eigenvalue weighted by atomic mass is 10.0. The fourth-order valence-corrected chi connectivity index (χ4v) is 2.91. The van der Waals surface area contributed by atoms with E-state index in [9.17, 15) is 4.39 Å². The van der Waals surface area contributed by atoms with Gasteiger partial charge < -0.3 is 10.1 Å². The Labute approximate surface area is 135 Å². The van der Waals surface area contributed by atoms with E-state index in [1.165, 1.54) is 17.0 Å². The zero-order valence-corrected chi connectivity index (χ0v) is 13.3. The molecule has 0 saturated carbocycles. The van der Waals surface area contributed by atoms with E-state index in [1.54, 1.807) is 19.2 Å². The largest absolute Gasteiger partial charge is 0.496 e. The maximum Gasteiger partial charge on any atom is 0.126 e. The number of rotatable bonds is 6. The molecule has 0 amide bonds. The lowest BCUT2D eigenvalue weighted by Gasteiger charge is -2.10. The molecule has 0 aliphatic carbocycles. The Morgan fingerprint density at radius 1 is 0.957 bits per heavy atom. The summed E-state index contributed by atoms with van der Waals surface area (Å²) in [5, 5.41) is 4.64. The number of ether oxygens (including phenoxy) is 1. The average Bonchev–Trinajstić information content (AvgIpc) is 2.58. The number of hydrogen-bond donors (Lipinski definition) is 1. The second-order valence-corrected chi connectivity index (χ2v) is 5.63. The van der Waals surface area contributed by atoms with Crippen molar-refractivity contribution in [3.8, 4) is 5.75 Å². The van der Waals surface area contributed by atoms with Crippen LogP contribution in [0.25, 0.3) is 10.8 Å². The molecule has 0 spiro atoms. The van der Waals surface area contributed by atoms with Gasteiger partial charge in [0, 0.05) is 17.4 Å². The van der Waals surface area contributed by atoms with Crippen molar-refractivity contribution in [1.29, 1.82) is 0 Å². The molecule has 0 saturated heterocycles. The summed E-state index contributed by atoms with van der Waals surface area (Å²) in [5.41, 5.74) is 2.33. The van der Waals surface area contributed by atoms with Gasteiger partial charge in [0.15, 0.2) is 0 Å². The highest BCUT2D eigenvalue weighted by atomic mass is 19.1. The summed E-state index contributed by atoms with van der Waals surface area (Å²) < 4.78 is 18.6. The Balaban J connectivity index is 1.66. The van der Waals surface area contributed by atoms with Gasteiger partial charge in [-0.1, -0.05) is 36.4 Å². The number of methoxy groups -OCH3 is 1. The first-order valence-corrected chi connectivity index (χ1v) is 7.88. The van der Waals surface area contributed by atoms with Crippen LogP contribution in [0, 0.1) is 5.82 Å². The van der Waals surface area contributed by atoms with E-state index in [0.29, 0.717) is 0 Å². The molecule has 3 aromatic carbocycles. The number of hydrogen-bond acceptors (Lipinski definition) is 1. The predicted octanol–water partition coefficient (Wildman–Crippen LogP) is 3.29. The molecular formula is C20H21FNO+. The second-order valence-electron chi connectivity index (χ2n) is 5.63. The van der Waals surface area contributed by atoms with Crippen molar-refractivity contribution >= 4 is 10.8 Å². The number of fused-ring (bicyclic) bond motifs is 1. The highest BCUT2D eigenvalue weighted by Gasteiger charge is 2.07. The quantitative estimate of drug-likeness (QED) is 0.695. The van der Waals surface area contributed by atoms with Crippen molar-refractivity contribution in [1.82, 2.24) is 0 Å². The van der Waals surface area contributed by atoms with Crippen LogP contribution >= 0.6 is 0 Å². The van der Waals surface area contributed by atoms with Crippen molar-refractivity contribution in [3.05, 3.63) is 77.6 Å². The van der Waals surface area contributed by atoms with Crippen LogP contribution in [-0.4, -0.2) is 13.7 Å². The zero-order chi connectivity index (χ0) is 16.1. The lowest BCUT2D eigenvalue weighted by Crippen LogP contribution is -2.83. The summed E-state index contributed by atoms with van der Waals surface area (Å²) in [5.74, 6) is 0.743. The van der Waals surface area contributed by atoms with Gasteiger partial charge >= 0.3 is 0 Å². The molecule has 0 radical (unpaired) electrons. The minimum absolute atomic E-state index is 0.163. The third-order valence-electron chi connectivity index (χ3n) is 4.08. The molecule has 3 rings (SSSR count). The monoisotopic (exact) mass is 310 g/mol. The summed E-state index contributed by atoms with van der Waals surface area (Å²) in [4.78, 5) is 0.